The van der Waals surface area contributed by atoms with Crippen molar-refractivity contribution in [2.45, 2.75) is 44.6 Å². The van der Waals surface area contributed by atoms with Crippen molar-refractivity contribution < 1.29 is 19.4 Å². The van der Waals surface area contributed by atoms with Crippen molar-refractivity contribution in [3.63, 3.8) is 0 Å². The summed E-state index contributed by atoms with van der Waals surface area (Å²) < 4.78 is 13.2. The third kappa shape index (κ3) is 8.16. The average molecular weight is 613 g/mol. The fourth-order valence-corrected chi connectivity index (χ4v) is 5.91. The van der Waals surface area contributed by atoms with Gasteiger partial charge in [-0.05, 0) is 58.6 Å². The first-order valence-electron chi connectivity index (χ1n) is 15.8. The summed E-state index contributed by atoms with van der Waals surface area (Å²) in [6, 6.07) is 44.3. The normalized spacial score (nSPS) is 17.9. The number of nitrogens with zero attached hydrogens (tertiary/aromatic N) is 1. The number of hydrogen-bond acceptors (Lipinski definition) is 5. The SMILES string of the molecule is CN(Cc1ccccc1)C[C@H]1C[C@@H](c2ccc(CO)cc2)O[C@@H](c2ccc(-c3cccc(CNC(=O)c4ccccc4)c3)cc2)O1. The molecule has 1 fully saturated rings. The van der Waals surface area contributed by atoms with Gasteiger partial charge in [-0.3, -0.25) is 9.69 Å². The molecule has 234 valence electrons. The molecule has 6 rings (SSSR count). The lowest BCUT2D eigenvalue weighted by Gasteiger charge is -2.38. The molecule has 0 aromatic heterocycles. The molecule has 3 atom stereocenters. The summed E-state index contributed by atoms with van der Waals surface area (Å²) in [6.45, 7) is 2.07. The standard InChI is InChI=1S/C40H40N2O4/c1-42(26-29-9-4-2-5-10-29)27-37-24-38(33-17-15-30(28-43)16-18-33)46-40(45-37)35-21-19-32(20-22-35)36-14-8-11-31(23-36)25-41-39(44)34-12-6-3-7-13-34/h2-23,37-38,40,43H,24-28H2,1H3,(H,41,44)/t37-,38+,40+/m1/s1. The zero-order valence-corrected chi connectivity index (χ0v) is 26.1. The Labute approximate surface area is 271 Å². The Morgan fingerprint density at radius 2 is 1.41 bits per heavy atom. The highest BCUT2D eigenvalue weighted by Gasteiger charge is 2.32. The van der Waals surface area contributed by atoms with Crippen LogP contribution in [-0.2, 0) is 29.2 Å². The van der Waals surface area contributed by atoms with E-state index in [4.69, 9.17) is 9.47 Å². The van der Waals surface area contributed by atoms with E-state index < -0.39 is 6.29 Å². The topological polar surface area (TPSA) is 71.0 Å². The van der Waals surface area contributed by atoms with Gasteiger partial charge in [-0.25, -0.2) is 0 Å². The van der Waals surface area contributed by atoms with Crippen LogP contribution in [0.25, 0.3) is 11.1 Å². The van der Waals surface area contributed by atoms with Gasteiger partial charge in [0.25, 0.3) is 5.91 Å². The first-order chi connectivity index (χ1) is 22.5. The van der Waals surface area contributed by atoms with Gasteiger partial charge in [-0.15, -0.1) is 0 Å². The van der Waals surface area contributed by atoms with E-state index in [-0.39, 0.29) is 24.7 Å². The molecule has 6 nitrogen and oxygen atoms in total. The minimum absolute atomic E-state index is 0.0159. The fraction of sp³-hybridized carbons (Fsp3) is 0.225. The maximum Gasteiger partial charge on any atom is 0.251 e. The Bertz CT molecular complexity index is 1690. The van der Waals surface area contributed by atoms with Gasteiger partial charge in [-0.2, -0.15) is 0 Å². The highest BCUT2D eigenvalue weighted by Crippen LogP contribution is 2.38. The largest absolute Gasteiger partial charge is 0.392 e. The molecule has 1 heterocycles. The number of amides is 1. The summed E-state index contributed by atoms with van der Waals surface area (Å²) in [7, 11) is 2.13. The summed E-state index contributed by atoms with van der Waals surface area (Å²) in [5.41, 5.74) is 8.01. The fourth-order valence-electron chi connectivity index (χ4n) is 5.91. The molecule has 0 unspecified atom stereocenters. The number of benzene rings is 5. The van der Waals surface area contributed by atoms with Crippen molar-refractivity contribution in [2.75, 3.05) is 13.6 Å². The van der Waals surface area contributed by atoms with Crippen LogP contribution in [0.3, 0.4) is 0 Å². The van der Waals surface area contributed by atoms with Crippen LogP contribution in [0.15, 0.2) is 133 Å². The molecule has 0 aliphatic carbocycles. The van der Waals surface area contributed by atoms with E-state index in [1.165, 1.54) is 5.56 Å². The zero-order chi connectivity index (χ0) is 31.7. The third-order valence-corrected chi connectivity index (χ3v) is 8.36. The summed E-state index contributed by atoms with van der Waals surface area (Å²) in [4.78, 5) is 14.8. The van der Waals surface area contributed by atoms with Crippen LogP contribution in [0.4, 0.5) is 0 Å². The number of likely N-dealkylation sites (N-methyl/N-ethyl adjacent to an activating group) is 1. The monoisotopic (exact) mass is 612 g/mol. The second kappa shape index (κ2) is 15.1. The van der Waals surface area contributed by atoms with Crippen molar-refractivity contribution in [1.29, 1.82) is 0 Å². The van der Waals surface area contributed by atoms with Crippen molar-refractivity contribution in [2.24, 2.45) is 0 Å². The van der Waals surface area contributed by atoms with Crippen LogP contribution >= 0.6 is 0 Å². The minimum Gasteiger partial charge on any atom is -0.392 e. The lowest BCUT2D eigenvalue weighted by atomic mass is 9.99. The molecular weight excluding hydrogens is 572 g/mol. The maximum absolute atomic E-state index is 12.5. The minimum atomic E-state index is -0.514. The van der Waals surface area contributed by atoms with Crippen LogP contribution in [0.2, 0.25) is 0 Å². The lowest BCUT2D eigenvalue weighted by Crippen LogP contribution is -2.37. The van der Waals surface area contributed by atoms with Crippen LogP contribution < -0.4 is 5.32 Å². The Morgan fingerprint density at radius 1 is 0.739 bits per heavy atom. The Hall–Kier alpha value is -4.59. The first-order valence-corrected chi connectivity index (χ1v) is 15.8. The smallest absolute Gasteiger partial charge is 0.251 e. The molecule has 1 amide bonds. The number of hydrogen-bond donors (Lipinski definition) is 2. The Kier molecular flexibility index (Phi) is 10.3. The molecule has 5 aromatic rings. The lowest BCUT2D eigenvalue weighted by molar-refractivity contribution is -0.252. The van der Waals surface area contributed by atoms with Gasteiger partial charge in [0, 0.05) is 37.2 Å². The summed E-state index contributed by atoms with van der Waals surface area (Å²) >= 11 is 0. The third-order valence-electron chi connectivity index (χ3n) is 8.36. The highest BCUT2D eigenvalue weighted by atomic mass is 16.7. The van der Waals surface area contributed by atoms with Gasteiger partial charge in [0.15, 0.2) is 6.29 Å². The highest BCUT2D eigenvalue weighted by molar-refractivity contribution is 5.94. The number of ether oxygens (including phenoxy) is 2. The van der Waals surface area contributed by atoms with Gasteiger partial charge in [0.2, 0.25) is 0 Å². The maximum atomic E-state index is 12.5. The quantitative estimate of drug-likeness (QED) is 0.162. The summed E-state index contributed by atoms with van der Waals surface area (Å²) in [5.74, 6) is -0.0879. The van der Waals surface area contributed by atoms with Gasteiger partial charge in [0.1, 0.15) is 0 Å². The number of carbonyl (C=O) groups is 1. The Morgan fingerprint density at radius 3 is 2.13 bits per heavy atom. The Balaban J connectivity index is 1.15. The molecule has 0 radical (unpaired) electrons. The van der Waals surface area contributed by atoms with E-state index in [2.05, 4.69) is 77.9 Å². The first kappa shape index (κ1) is 31.4. The number of rotatable bonds is 11. The average Bonchev–Trinajstić information content (AvgIpc) is 3.11. The van der Waals surface area contributed by atoms with E-state index in [0.717, 1.165) is 52.9 Å². The predicted molar refractivity (Wildman–Crippen MR) is 181 cm³/mol. The van der Waals surface area contributed by atoms with Crippen molar-refractivity contribution in [3.8, 4) is 11.1 Å². The van der Waals surface area contributed by atoms with E-state index in [9.17, 15) is 9.90 Å². The van der Waals surface area contributed by atoms with Crippen molar-refractivity contribution >= 4 is 5.91 Å². The van der Waals surface area contributed by atoms with E-state index in [0.29, 0.717) is 12.1 Å². The van der Waals surface area contributed by atoms with Crippen molar-refractivity contribution in [1.82, 2.24) is 10.2 Å². The van der Waals surface area contributed by atoms with Crippen LogP contribution in [0, 0.1) is 0 Å². The second-order valence-electron chi connectivity index (χ2n) is 11.9. The van der Waals surface area contributed by atoms with Crippen LogP contribution in [-0.4, -0.2) is 35.6 Å². The summed E-state index contributed by atoms with van der Waals surface area (Å²) in [6.07, 6.45) is 0.0567. The summed E-state index contributed by atoms with van der Waals surface area (Å²) in [5, 5.41) is 12.5. The van der Waals surface area contributed by atoms with Crippen LogP contribution in [0.1, 0.15) is 57.0 Å². The van der Waals surface area contributed by atoms with Gasteiger partial charge in [-0.1, -0.05) is 115 Å². The second-order valence-corrected chi connectivity index (χ2v) is 11.9. The van der Waals surface area contributed by atoms with E-state index in [1.807, 2.05) is 72.8 Å². The molecule has 1 saturated heterocycles. The molecule has 0 spiro atoms. The molecule has 6 heteroatoms. The molecule has 0 saturated carbocycles. The van der Waals surface area contributed by atoms with Crippen molar-refractivity contribution in [3.05, 3.63) is 167 Å². The predicted octanol–water partition coefficient (Wildman–Crippen LogP) is 7.45. The van der Waals surface area contributed by atoms with Crippen LogP contribution in [0.5, 0.6) is 0 Å². The molecule has 5 aromatic carbocycles. The molecular formula is C40H40N2O4. The number of carbonyl (C=O) groups excluding carboxylic acids is 1. The molecule has 1 aliphatic heterocycles. The van der Waals surface area contributed by atoms with Gasteiger partial charge < -0.3 is 19.9 Å². The molecule has 46 heavy (non-hydrogen) atoms. The molecule has 2 N–H and O–H groups in total. The number of aliphatic hydroxyl groups excluding tert-OH is 1. The van der Waals surface area contributed by atoms with Gasteiger partial charge >= 0.3 is 0 Å². The van der Waals surface area contributed by atoms with E-state index >= 15 is 0 Å². The number of aliphatic hydroxyl groups is 1. The molecule has 1 aliphatic rings. The number of nitrogens with one attached hydrogen (secondary N) is 1. The van der Waals surface area contributed by atoms with Gasteiger partial charge in [0.05, 0.1) is 18.8 Å². The zero-order valence-electron chi connectivity index (χ0n) is 26.1. The molecule has 0 bridgehead atoms. The van der Waals surface area contributed by atoms with E-state index in [1.54, 1.807) is 0 Å².